The van der Waals surface area contributed by atoms with Crippen molar-refractivity contribution in [2.45, 2.75) is 0 Å². The lowest BCUT2D eigenvalue weighted by Gasteiger charge is -2.08. The summed E-state index contributed by atoms with van der Waals surface area (Å²) < 4.78 is 13.1. The van der Waals surface area contributed by atoms with Crippen molar-refractivity contribution in [1.82, 2.24) is 4.98 Å². The average Bonchev–Trinajstić information content (AvgIpc) is 2.62. The number of carbonyl (C=O) groups is 1. The predicted octanol–water partition coefficient (Wildman–Crippen LogP) is 4.09. The Bertz CT molecular complexity index is 948. The van der Waals surface area contributed by atoms with Gasteiger partial charge in [-0.25, -0.2) is 9.37 Å². The van der Waals surface area contributed by atoms with Crippen LogP contribution >= 0.6 is 0 Å². The molecule has 0 spiro atoms. The third-order valence-corrected chi connectivity index (χ3v) is 3.36. The molecule has 0 saturated carbocycles. The van der Waals surface area contributed by atoms with Gasteiger partial charge in [0.05, 0.1) is 23.5 Å². The second-order valence-corrected chi connectivity index (χ2v) is 5.21. The molecule has 25 heavy (non-hydrogen) atoms. The number of carbonyl (C=O) groups excluding carboxylic acids is 1. The molecule has 0 aliphatic heterocycles. The van der Waals surface area contributed by atoms with Crippen LogP contribution in [0.5, 0.6) is 0 Å². The van der Waals surface area contributed by atoms with Gasteiger partial charge in [0.15, 0.2) is 0 Å². The van der Waals surface area contributed by atoms with Crippen LogP contribution in [0.2, 0.25) is 0 Å². The van der Waals surface area contributed by atoms with Crippen molar-refractivity contribution >= 4 is 23.0 Å². The Morgan fingerprint density at radius 1 is 1.00 bits per heavy atom. The molecule has 0 bridgehead atoms. The summed E-state index contributed by atoms with van der Waals surface area (Å²) in [6.07, 6.45) is 1.51. The van der Waals surface area contributed by atoms with Crippen LogP contribution in [0.15, 0.2) is 66.9 Å². The number of hydrogen-bond donors (Lipinski definition) is 2. The van der Waals surface area contributed by atoms with E-state index < -0.39 is 11.7 Å². The van der Waals surface area contributed by atoms with E-state index in [0.29, 0.717) is 16.9 Å². The number of nitrogens with one attached hydrogen (secondary N) is 2. The zero-order chi connectivity index (χ0) is 17.6. The Kier molecular flexibility index (Phi) is 4.67. The third-order valence-electron chi connectivity index (χ3n) is 3.36. The Morgan fingerprint density at radius 2 is 1.80 bits per heavy atom. The second kappa shape index (κ2) is 7.23. The van der Waals surface area contributed by atoms with Crippen molar-refractivity contribution in [3.05, 3.63) is 83.9 Å². The van der Waals surface area contributed by atoms with Crippen LogP contribution in [0.4, 0.5) is 21.5 Å². The van der Waals surface area contributed by atoms with Gasteiger partial charge in [0.25, 0.3) is 5.91 Å². The second-order valence-electron chi connectivity index (χ2n) is 5.21. The van der Waals surface area contributed by atoms with Gasteiger partial charge in [0, 0.05) is 11.4 Å². The summed E-state index contributed by atoms with van der Waals surface area (Å²) in [6, 6.07) is 18.0. The first-order valence-electron chi connectivity index (χ1n) is 7.44. The number of nitriles is 1. The standard InChI is InChI=1S/C19H13FN4O/c20-14-4-2-6-16(10-14)24-19(25)18-8-7-17(12-22-18)23-15-5-1-3-13(9-15)11-21/h1-10,12,23H,(H,24,25). The Morgan fingerprint density at radius 3 is 2.52 bits per heavy atom. The van der Waals surface area contributed by atoms with Gasteiger partial charge in [0.1, 0.15) is 11.5 Å². The molecule has 0 aliphatic rings. The van der Waals surface area contributed by atoms with E-state index in [1.165, 1.54) is 24.4 Å². The Hall–Kier alpha value is -3.72. The lowest BCUT2D eigenvalue weighted by atomic mass is 10.2. The van der Waals surface area contributed by atoms with Crippen LogP contribution in [-0.2, 0) is 0 Å². The van der Waals surface area contributed by atoms with Gasteiger partial charge in [-0.2, -0.15) is 5.26 Å². The largest absolute Gasteiger partial charge is 0.354 e. The molecule has 0 aliphatic carbocycles. The molecule has 0 saturated heterocycles. The van der Waals surface area contributed by atoms with Gasteiger partial charge >= 0.3 is 0 Å². The fourth-order valence-electron chi connectivity index (χ4n) is 2.20. The van der Waals surface area contributed by atoms with Crippen LogP contribution in [0, 0.1) is 17.1 Å². The number of halogens is 1. The molecule has 6 heteroatoms. The molecule has 3 rings (SSSR count). The lowest BCUT2D eigenvalue weighted by molar-refractivity contribution is 0.102. The van der Waals surface area contributed by atoms with E-state index in [1.807, 2.05) is 6.07 Å². The van der Waals surface area contributed by atoms with Crippen LogP contribution in [0.1, 0.15) is 16.1 Å². The molecule has 0 unspecified atom stereocenters. The molecule has 2 aromatic carbocycles. The molecular weight excluding hydrogens is 319 g/mol. The highest BCUT2D eigenvalue weighted by molar-refractivity contribution is 6.02. The zero-order valence-corrected chi connectivity index (χ0v) is 13.0. The van der Waals surface area contributed by atoms with Gasteiger partial charge in [-0.05, 0) is 48.5 Å². The SMILES string of the molecule is N#Cc1cccc(Nc2ccc(C(=O)Nc3cccc(F)c3)nc2)c1. The monoisotopic (exact) mass is 332 g/mol. The smallest absolute Gasteiger partial charge is 0.274 e. The maximum absolute atomic E-state index is 13.1. The summed E-state index contributed by atoms with van der Waals surface area (Å²) in [5.74, 6) is -0.853. The van der Waals surface area contributed by atoms with E-state index in [0.717, 1.165) is 5.69 Å². The number of anilines is 3. The molecule has 0 fully saturated rings. The van der Waals surface area contributed by atoms with Crippen molar-refractivity contribution in [2.24, 2.45) is 0 Å². The maximum Gasteiger partial charge on any atom is 0.274 e. The fourth-order valence-corrected chi connectivity index (χ4v) is 2.20. The molecule has 1 amide bonds. The molecular formula is C19H13FN4O. The van der Waals surface area contributed by atoms with E-state index in [4.69, 9.17) is 5.26 Å². The van der Waals surface area contributed by atoms with Crippen LogP contribution in [0.3, 0.4) is 0 Å². The molecule has 122 valence electrons. The number of nitrogens with zero attached hydrogens (tertiary/aromatic N) is 2. The van der Waals surface area contributed by atoms with Gasteiger partial charge in [-0.15, -0.1) is 0 Å². The van der Waals surface area contributed by atoms with E-state index in [2.05, 4.69) is 21.7 Å². The summed E-state index contributed by atoms with van der Waals surface area (Å²) in [6.45, 7) is 0. The first-order chi connectivity index (χ1) is 12.1. The molecule has 1 heterocycles. The normalized spacial score (nSPS) is 9.92. The number of benzene rings is 2. The van der Waals surface area contributed by atoms with Crippen LogP contribution < -0.4 is 10.6 Å². The fraction of sp³-hybridized carbons (Fsp3) is 0. The predicted molar refractivity (Wildman–Crippen MR) is 93.0 cm³/mol. The molecule has 1 aromatic heterocycles. The highest BCUT2D eigenvalue weighted by Crippen LogP contribution is 2.17. The minimum absolute atomic E-state index is 0.209. The number of aromatic nitrogens is 1. The van der Waals surface area contributed by atoms with Crippen molar-refractivity contribution in [3.63, 3.8) is 0 Å². The average molecular weight is 332 g/mol. The number of hydrogen-bond acceptors (Lipinski definition) is 4. The van der Waals surface area contributed by atoms with Crippen molar-refractivity contribution in [1.29, 1.82) is 5.26 Å². The number of pyridine rings is 1. The highest BCUT2D eigenvalue weighted by Gasteiger charge is 2.08. The number of rotatable bonds is 4. The van der Waals surface area contributed by atoms with E-state index in [-0.39, 0.29) is 5.69 Å². The quantitative estimate of drug-likeness (QED) is 0.754. The molecule has 5 nitrogen and oxygen atoms in total. The minimum Gasteiger partial charge on any atom is -0.354 e. The summed E-state index contributed by atoms with van der Waals surface area (Å²) in [4.78, 5) is 16.2. The maximum atomic E-state index is 13.1. The van der Waals surface area contributed by atoms with Crippen LogP contribution in [-0.4, -0.2) is 10.9 Å². The van der Waals surface area contributed by atoms with E-state index in [1.54, 1.807) is 36.4 Å². The number of amides is 1. The third kappa shape index (κ3) is 4.18. The molecule has 3 aromatic rings. The first-order valence-corrected chi connectivity index (χ1v) is 7.44. The van der Waals surface area contributed by atoms with E-state index >= 15 is 0 Å². The lowest BCUT2D eigenvalue weighted by Crippen LogP contribution is -2.13. The van der Waals surface area contributed by atoms with Crippen molar-refractivity contribution in [2.75, 3.05) is 10.6 Å². The minimum atomic E-state index is -0.427. The zero-order valence-electron chi connectivity index (χ0n) is 13.0. The van der Waals surface area contributed by atoms with Crippen LogP contribution in [0.25, 0.3) is 0 Å². The topological polar surface area (TPSA) is 77.8 Å². The van der Waals surface area contributed by atoms with Crippen molar-refractivity contribution < 1.29 is 9.18 Å². The Balaban J connectivity index is 1.69. The van der Waals surface area contributed by atoms with Gasteiger partial charge < -0.3 is 10.6 Å². The first kappa shape index (κ1) is 16.1. The van der Waals surface area contributed by atoms with Gasteiger partial charge in [-0.1, -0.05) is 12.1 Å². The van der Waals surface area contributed by atoms with Gasteiger partial charge in [0.2, 0.25) is 0 Å². The summed E-state index contributed by atoms with van der Waals surface area (Å²) in [5.41, 5.74) is 2.54. The van der Waals surface area contributed by atoms with Crippen molar-refractivity contribution in [3.8, 4) is 6.07 Å². The Labute approximate surface area is 143 Å². The molecule has 0 atom stereocenters. The highest BCUT2D eigenvalue weighted by atomic mass is 19.1. The summed E-state index contributed by atoms with van der Waals surface area (Å²) >= 11 is 0. The molecule has 0 radical (unpaired) electrons. The van der Waals surface area contributed by atoms with E-state index in [9.17, 15) is 9.18 Å². The molecule has 2 N–H and O–H groups in total. The summed E-state index contributed by atoms with van der Waals surface area (Å²) in [7, 11) is 0. The van der Waals surface area contributed by atoms with Gasteiger partial charge in [-0.3, -0.25) is 4.79 Å². The summed E-state index contributed by atoms with van der Waals surface area (Å²) in [5, 5.41) is 14.6.